The number of allylic oxidation sites excluding steroid dienone is 2. The number of nitro benzene ring substituents is 1. The number of hydrogen-bond donors (Lipinski definition) is 2. The van der Waals surface area contributed by atoms with Crippen molar-refractivity contribution in [2.45, 2.75) is 56.4 Å². The van der Waals surface area contributed by atoms with Gasteiger partial charge in [-0.3, -0.25) is 14.7 Å². The molecule has 0 saturated heterocycles. The second-order valence-electron chi connectivity index (χ2n) is 13.8. The van der Waals surface area contributed by atoms with Gasteiger partial charge in [0.2, 0.25) is 0 Å². The molecular formula is C42H47N3O9S. The maximum Gasteiger partial charge on any atom is 0.337 e. The molecule has 4 aromatic carbocycles. The molecular weight excluding hydrogens is 723 g/mol. The number of nitrogens with one attached hydrogen (secondary N) is 1. The summed E-state index contributed by atoms with van der Waals surface area (Å²) in [4.78, 5) is 40.1. The second-order valence-corrected chi connectivity index (χ2v) is 15.2. The summed E-state index contributed by atoms with van der Waals surface area (Å²) in [5, 5.41) is 14.7. The van der Waals surface area contributed by atoms with E-state index in [2.05, 4.69) is 58.7 Å². The van der Waals surface area contributed by atoms with Crippen molar-refractivity contribution in [1.82, 2.24) is 10.2 Å². The normalized spacial score (nSPS) is 14.5. The van der Waals surface area contributed by atoms with Gasteiger partial charge in [0.05, 0.1) is 34.0 Å². The highest BCUT2D eigenvalue weighted by molar-refractivity contribution is 7.85. The Morgan fingerprint density at radius 3 is 1.84 bits per heavy atom. The molecule has 1 aliphatic heterocycles. The van der Waals surface area contributed by atoms with Gasteiger partial charge in [-0.25, -0.2) is 9.59 Å². The lowest BCUT2D eigenvalue weighted by Gasteiger charge is -2.34. The van der Waals surface area contributed by atoms with Gasteiger partial charge in [-0.05, 0) is 76.5 Å². The Kier molecular flexibility index (Phi) is 14.3. The molecule has 5 rings (SSSR count). The van der Waals surface area contributed by atoms with Gasteiger partial charge in [0.15, 0.2) is 0 Å². The number of esters is 2. The molecule has 0 amide bonds. The molecule has 0 bridgehead atoms. The molecule has 290 valence electrons. The van der Waals surface area contributed by atoms with E-state index >= 15 is 0 Å². The number of benzene rings is 4. The summed E-state index contributed by atoms with van der Waals surface area (Å²) < 4.78 is 40.4. The van der Waals surface area contributed by atoms with Crippen LogP contribution in [0.25, 0.3) is 0 Å². The number of nitrogens with zero attached hydrogens (tertiary/aromatic N) is 2. The Balaban J connectivity index is 0.000000583. The zero-order chi connectivity index (χ0) is 40.3. The number of carbonyl (C=O) groups is 2. The van der Waals surface area contributed by atoms with Crippen LogP contribution in [-0.2, 0) is 29.2 Å². The van der Waals surface area contributed by atoms with Crippen LogP contribution in [-0.4, -0.2) is 67.6 Å². The van der Waals surface area contributed by atoms with E-state index in [1.54, 1.807) is 38.1 Å². The van der Waals surface area contributed by atoms with Crippen molar-refractivity contribution in [3.63, 3.8) is 0 Å². The molecule has 0 radical (unpaired) electrons. The molecule has 55 heavy (non-hydrogen) atoms. The van der Waals surface area contributed by atoms with Crippen LogP contribution in [0.2, 0.25) is 0 Å². The number of nitro groups is 1. The number of carbonyl (C=O) groups excluding carboxylic acids is 2. The fraction of sp³-hybridized carbons (Fsp3) is 0.286. The minimum Gasteiger partial charge on any atom is -0.466 e. The van der Waals surface area contributed by atoms with Crippen molar-refractivity contribution >= 4 is 27.7 Å². The lowest BCUT2D eigenvalue weighted by atomic mass is 9.80. The zero-order valence-corrected chi connectivity index (χ0v) is 32.6. The minimum atomic E-state index is -4.00. The first-order chi connectivity index (χ1) is 26.0. The Morgan fingerprint density at radius 2 is 1.36 bits per heavy atom. The summed E-state index contributed by atoms with van der Waals surface area (Å²) in [6, 6.07) is 34.2. The van der Waals surface area contributed by atoms with Gasteiger partial charge < -0.3 is 19.7 Å². The topological polar surface area (TPSA) is 165 Å². The molecule has 1 atom stereocenters. The smallest absolute Gasteiger partial charge is 0.337 e. The predicted octanol–water partition coefficient (Wildman–Crippen LogP) is 7.41. The molecule has 13 heteroatoms. The number of dihydropyridines is 1. The Hall–Kier alpha value is -5.63. The Bertz CT molecular complexity index is 2100. The van der Waals surface area contributed by atoms with Gasteiger partial charge in [-0.2, -0.15) is 8.42 Å². The van der Waals surface area contributed by atoms with Crippen LogP contribution in [0.1, 0.15) is 62.6 Å². The highest BCUT2D eigenvalue weighted by Gasteiger charge is 2.40. The Morgan fingerprint density at radius 1 is 0.855 bits per heavy atom. The summed E-state index contributed by atoms with van der Waals surface area (Å²) in [6.07, 6.45) is 0.865. The van der Waals surface area contributed by atoms with Crippen molar-refractivity contribution in [3.8, 4) is 0 Å². The van der Waals surface area contributed by atoms with Gasteiger partial charge in [0, 0.05) is 36.0 Å². The van der Waals surface area contributed by atoms with E-state index in [0.717, 1.165) is 13.0 Å². The van der Waals surface area contributed by atoms with Gasteiger partial charge in [-0.1, -0.05) is 91.0 Å². The number of ether oxygens (including phenoxy) is 2. The Labute approximate surface area is 322 Å². The first kappa shape index (κ1) is 42.1. The van der Waals surface area contributed by atoms with Crippen molar-refractivity contribution in [2.75, 3.05) is 27.2 Å². The average molecular weight is 770 g/mol. The van der Waals surface area contributed by atoms with Crippen molar-refractivity contribution < 1.29 is 37.0 Å². The molecule has 12 nitrogen and oxygen atoms in total. The van der Waals surface area contributed by atoms with Crippen LogP contribution < -0.4 is 5.32 Å². The lowest BCUT2D eigenvalue weighted by Crippen LogP contribution is -2.42. The van der Waals surface area contributed by atoms with E-state index in [1.165, 1.54) is 48.6 Å². The number of likely N-dealkylation sites (N-methyl/N-ethyl adjacent to an activating group) is 1. The third kappa shape index (κ3) is 11.4. The first-order valence-electron chi connectivity index (χ1n) is 17.6. The van der Waals surface area contributed by atoms with E-state index in [1.807, 2.05) is 33.0 Å². The maximum atomic E-state index is 14.0. The largest absolute Gasteiger partial charge is 0.466 e. The monoisotopic (exact) mass is 769 g/mol. The molecule has 0 aliphatic carbocycles. The number of non-ortho nitro benzene ring substituents is 1. The van der Waals surface area contributed by atoms with Crippen LogP contribution in [0, 0.1) is 10.1 Å². The van der Waals surface area contributed by atoms with E-state index in [4.69, 9.17) is 14.0 Å². The minimum absolute atomic E-state index is 0.0741. The van der Waals surface area contributed by atoms with Crippen LogP contribution in [0.3, 0.4) is 0 Å². The highest BCUT2D eigenvalue weighted by atomic mass is 32.2. The molecule has 1 aliphatic rings. The number of methoxy groups -OCH3 is 1. The van der Waals surface area contributed by atoms with Crippen molar-refractivity contribution in [2.24, 2.45) is 0 Å². The van der Waals surface area contributed by atoms with E-state index in [-0.39, 0.29) is 27.6 Å². The summed E-state index contributed by atoms with van der Waals surface area (Å²) in [5.74, 6) is -1.96. The van der Waals surface area contributed by atoms with Crippen molar-refractivity contribution in [3.05, 3.63) is 165 Å². The SMILES string of the molecule is COC(=O)C1=C(C)NC(C)=C(C(=O)OC(C)(C)CN(C)CCC(c2ccccc2)c2ccccc2)C1c1cccc([N+](=O)[O-])c1.O=S(=O)(O)c1ccccc1. The fourth-order valence-corrected chi connectivity index (χ4v) is 7.20. The van der Waals surface area contributed by atoms with Gasteiger partial charge in [0.25, 0.3) is 15.8 Å². The quantitative estimate of drug-likeness (QED) is 0.0602. The van der Waals surface area contributed by atoms with Crippen LogP contribution in [0.5, 0.6) is 0 Å². The van der Waals surface area contributed by atoms with Gasteiger partial charge in [0.1, 0.15) is 5.60 Å². The third-order valence-electron chi connectivity index (χ3n) is 9.06. The standard InChI is InChI=1S/C36H41N3O6.C6H6O3S/c1-24-31(34(40)44-6)33(28-18-13-19-29(22-28)39(42)43)32(25(2)37-24)35(41)45-36(3,4)23-38(5)21-20-30(26-14-9-7-10-15-26)27-16-11-8-12-17-27;7-10(8,9)6-4-2-1-3-5-6/h7-19,22,30,33,37H,20-21,23H2,1-6H3;1-5H,(H,7,8,9). The number of hydrogen-bond acceptors (Lipinski definition) is 10. The summed E-state index contributed by atoms with van der Waals surface area (Å²) in [6.45, 7) is 8.34. The van der Waals surface area contributed by atoms with E-state index in [9.17, 15) is 28.1 Å². The second kappa shape index (κ2) is 18.6. The molecule has 0 spiro atoms. The third-order valence-corrected chi connectivity index (χ3v) is 9.93. The summed E-state index contributed by atoms with van der Waals surface area (Å²) in [7, 11) is -0.741. The van der Waals surface area contributed by atoms with Crippen LogP contribution in [0.4, 0.5) is 5.69 Å². The van der Waals surface area contributed by atoms with E-state index in [0.29, 0.717) is 23.5 Å². The molecule has 2 N–H and O–H groups in total. The predicted molar refractivity (Wildman–Crippen MR) is 210 cm³/mol. The summed E-state index contributed by atoms with van der Waals surface area (Å²) in [5.41, 5.74) is 3.24. The van der Waals surface area contributed by atoms with Crippen molar-refractivity contribution in [1.29, 1.82) is 0 Å². The van der Waals surface area contributed by atoms with Crippen LogP contribution >= 0.6 is 0 Å². The van der Waals surface area contributed by atoms with Gasteiger partial charge in [-0.15, -0.1) is 0 Å². The lowest BCUT2D eigenvalue weighted by molar-refractivity contribution is -0.384. The zero-order valence-electron chi connectivity index (χ0n) is 31.8. The van der Waals surface area contributed by atoms with E-state index < -0.39 is 38.5 Å². The fourth-order valence-electron chi connectivity index (χ4n) is 6.70. The van der Waals surface area contributed by atoms with Gasteiger partial charge >= 0.3 is 11.9 Å². The maximum absolute atomic E-state index is 14.0. The average Bonchev–Trinajstić information content (AvgIpc) is 3.15. The first-order valence-corrected chi connectivity index (χ1v) is 19.0. The summed E-state index contributed by atoms with van der Waals surface area (Å²) >= 11 is 0. The van der Waals surface area contributed by atoms with Crippen LogP contribution in [0.15, 0.2) is 143 Å². The highest BCUT2D eigenvalue weighted by Crippen LogP contribution is 2.40. The molecule has 0 aromatic heterocycles. The molecule has 1 heterocycles. The molecule has 0 saturated carbocycles. The molecule has 1 unspecified atom stereocenters. The number of rotatable bonds is 13. The molecule has 0 fully saturated rings. The molecule has 4 aromatic rings.